The van der Waals surface area contributed by atoms with Gasteiger partial charge < -0.3 is 4.57 Å². The molecule has 0 saturated heterocycles. The van der Waals surface area contributed by atoms with Crippen LogP contribution in [0.15, 0.2) is 176 Å². The lowest BCUT2D eigenvalue weighted by Gasteiger charge is -2.13. The highest BCUT2D eigenvalue weighted by molar-refractivity contribution is 7.26. The summed E-state index contributed by atoms with van der Waals surface area (Å²) < 4.78 is 5.10. The predicted octanol–water partition coefficient (Wildman–Crippen LogP) is 13.9. The largest absolute Gasteiger partial charge is 0.309 e. The molecule has 0 fully saturated rings. The molecule has 0 saturated carbocycles. The summed E-state index contributed by atoms with van der Waals surface area (Å²) in [7, 11) is 0. The number of nitrogens with zero attached hydrogens (tertiary/aromatic N) is 1. The summed E-state index contributed by atoms with van der Waals surface area (Å²) in [6.07, 6.45) is 0. The number of para-hydroxylation sites is 1. The molecule has 0 aliphatic heterocycles. The standard InChI is InChI=1S/C48H29NS/c1-2-12-37-35(10-1)36-11-3-4-13-38(36)43-28-31(22-26-39(37)43)30-20-24-33(25-21-30)49-45-18-7-5-14-40(45)44-29-32(23-27-46(44)49)34-16-9-17-42-41-15-6-8-19-47(41)50-48(34)42/h1-29H. The van der Waals surface area contributed by atoms with Gasteiger partial charge in [-0.1, -0.05) is 133 Å². The molecule has 2 heterocycles. The average molecular weight is 652 g/mol. The van der Waals surface area contributed by atoms with Crippen molar-refractivity contribution < 1.29 is 0 Å². The third-order valence-electron chi connectivity index (χ3n) is 10.6. The Kier molecular flexibility index (Phi) is 5.89. The number of benzene rings is 9. The smallest absolute Gasteiger partial charge is 0.0541 e. The first-order valence-corrected chi connectivity index (χ1v) is 18.0. The molecule has 0 unspecified atom stereocenters. The maximum atomic E-state index is 2.41. The van der Waals surface area contributed by atoms with Crippen LogP contribution in [0.4, 0.5) is 0 Å². The highest BCUT2D eigenvalue weighted by atomic mass is 32.1. The predicted molar refractivity (Wildman–Crippen MR) is 217 cm³/mol. The van der Waals surface area contributed by atoms with Crippen LogP contribution in [0, 0.1) is 0 Å². The quantitative estimate of drug-likeness (QED) is 0.168. The van der Waals surface area contributed by atoms with Crippen molar-refractivity contribution >= 4 is 85.6 Å². The van der Waals surface area contributed by atoms with Gasteiger partial charge in [0, 0.05) is 36.6 Å². The second kappa shape index (κ2) is 10.6. The summed E-state index contributed by atoms with van der Waals surface area (Å²) in [4.78, 5) is 0. The lowest BCUT2D eigenvalue weighted by atomic mass is 9.92. The van der Waals surface area contributed by atoms with Crippen molar-refractivity contribution in [1.82, 2.24) is 4.57 Å². The molecule has 0 aliphatic carbocycles. The maximum Gasteiger partial charge on any atom is 0.0541 e. The van der Waals surface area contributed by atoms with E-state index in [1.54, 1.807) is 0 Å². The van der Waals surface area contributed by atoms with Crippen LogP contribution in [0.25, 0.3) is 102 Å². The molecule has 11 aromatic rings. The molecule has 0 atom stereocenters. The van der Waals surface area contributed by atoms with Gasteiger partial charge in [0.2, 0.25) is 0 Å². The van der Waals surface area contributed by atoms with E-state index in [0.717, 1.165) is 5.69 Å². The molecule has 0 radical (unpaired) electrons. The van der Waals surface area contributed by atoms with Gasteiger partial charge in [-0.25, -0.2) is 0 Å². The van der Waals surface area contributed by atoms with Crippen molar-refractivity contribution in [1.29, 1.82) is 0 Å². The van der Waals surface area contributed by atoms with Crippen LogP contribution in [0.3, 0.4) is 0 Å². The van der Waals surface area contributed by atoms with E-state index in [1.807, 2.05) is 11.3 Å². The first-order valence-electron chi connectivity index (χ1n) is 17.2. The highest BCUT2D eigenvalue weighted by Crippen LogP contribution is 2.42. The Balaban J connectivity index is 1.04. The second-order valence-electron chi connectivity index (χ2n) is 13.3. The lowest BCUT2D eigenvalue weighted by molar-refractivity contribution is 1.18. The third-order valence-corrected chi connectivity index (χ3v) is 11.8. The Bertz CT molecular complexity index is 3110. The topological polar surface area (TPSA) is 4.93 Å². The minimum atomic E-state index is 1.16. The van der Waals surface area contributed by atoms with Gasteiger partial charge in [0.15, 0.2) is 0 Å². The van der Waals surface area contributed by atoms with Crippen LogP contribution in [-0.4, -0.2) is 4.57 Å². The van der Waals surface area contributed by atoms with Gasteiger partial charge in [-0.2, -0.15) is 0 Å². The monoisotopic (exact) mass is 651 g/mol. The van der Waals surface area contributed by atoms with E-state index in [1.165, 1.54) is 96.5 Å². The lowest BCUT2D eigenvalue weighted by Crippen LogP contribution is -1.93. The Morgan fingerprint density at radius 3 is 1.62 bits per heavy atom. The molecular weight excluding hydrogens is 623 g/mol. The summed E-state index contributed by atoms with van der Waals surface area (Å²) in [6.45, 7) is 0. The maximum absolute atomic E-state index is 2.41. The van der Waals surface area contributed by atoms with Crippen LogP contribution in [0.5, 0.6) is 0 Å². The Labute approximate surface area is 292 Å². The van der Waals surface area contributed by atoms with E-state index < -0.39 is 0 Å². The number of thiophene rings is 1. The third kappa shape index (κ3) is 4.00. The van der Waals surface area contributed by atoms with Gasteiger partial charge in [0.1, 0.15) is 0 Å². The molecular formula is C48H29NS. The summed E-state index contributed by atoms with van der Waals surface area (Å²) in [5.41, 5.74) is 8.59. The Hall–Kier alpha value is -6.22. The molecule has 2 aromatic heterocycles. The van der Waals surface area contributed by atoms with Crippen molar-refractivity contribution in [2.24, 2.45) is 0 Å². The molecule has 50 heavy (non-hydrogen) atoms. The van der Waals surface area contributed by atoms with E-state index >= 15 is 0 Å². The zero-order valence-electron chi connectivity index (χ0n) is 27.1. The van der Waals surface area contributed by atoms with Gasteiger partial charge >= 0.3 is 0 Å². The van der Waals surface area contributed by atoms with Crippen LogP contribution < -0.4 is 0 Å². The number of hydrogen-bond acceptors (Lipinski definition) is 1. The van der Waals surface area contributed by atoms with Gasteiger partial charge in [-0.05, 0) is 97.0 Å². The van der Waals surface area contributed by atoms with Crippen molar-refractivity contribution in [3.8, 4) is 27.9 Å². The average Bonchev–Trinajstić information content (AvgIpc) is 3.74. The molecule has 1 nitrogen and oxygen atoms in total. The Morgan fingerprint density at radius 1 is 0.320 bits per heavy atom. The van der Waals surface area contributed by atoms with Gasteiger partial charge in [0.25, 0.3) is 0 Å². The van der Waals surface area contributed by atoms with E-state index in [9.17, 15) is 0 Å². The fraction of sp³-hybridized carbons (Fsp3) is 0. The van der Waals surface area contributed by atoms with Gasteiger partial charge in [-0.3, -0.25) is 0 Å². The molecule has 0 spiro atoms. The normalized spacial score (nSPS) is 12.0. The molecule has 0 bridgehead atoms. The van der Waals surface area contributed by atoms with Crippen LogP contribution in [-0.2, 0) is 0 Å². The van der Waals surface area contributed by atoms with E-state index in [-0.39, 0.29) is 0 Å². The molecule has 9 aromatic carbocycles. The molecule has 2 heteroatoms. The highest BCUT2D eigenvalue weighted by Gasteiger charge is 2.16. The first kappa shape index (κ1) is 27.7. The second-order valence-corrected chi connectivity index (χ2v) is 14.3. The summed E-state index contributed by atoms with van der Waals surface area (Å²) in [5.74, 6) is 0. The zero-order chi connectivity index (χ0) is 32.8. The van der Waals surface area contributed by atoms with Crippen molar-refractivity contribution in [2.45, 2.75) is 0 Å². The minimum absolute atomic E-state index is 1.16. The van der Waals surface area contributed by atoms with Gasteiger partial charge in [-0.15, -0.1) is 11.3 Å². The SMILES string of the molecule is c1ccc2c(c1)sc1c(-c3ccc4c(c3)c3ccccc3n4-c3ccc(-c4ccc5c6ccccc6c6ccccc6c5c4)cc3)cccc12. The van der Waals surface area contributed by atoms with Crippen molar-refractivity contribution in [2.75, 3.05) is 0 Å². The first-order chi connectivity index (χ1) is 24.8. The fourth-order valence-corrected chi connectivity index (χ4v) is 9.52. The van der Waals surface area contributed by atoms with E-state index in [2.05, 4.69) is 180 Å². The van der Waals surface area contributed by atoms with Crippen LogP contribution in [0.2, 0.25) is 0 Å². The summed E-state index contributed by atoms with van der Waals surface area (Å²) in [5, 5.41) is 13.0. The number of aromatic nitrogens is 1. The van der Waals surface area contributed by atoms with E-state index in [4.69, 9.17) is 0 Å². The van der Waals surface area contributed by atoms with Crippen molar-refractivity contribution in [3.63, 3.8) is 0 Å². The van der Waals surface area contributed by atoms with Crippen LogP contribution in [0.1, 0.15) is 0 Å². The van der Waals surface area contributed by atoms with Crippen molar-refractivity contribution in [3.05, 3.63) is 176 Å². The summed E-state index contributed by atoms with van der Waals surface area (Å²) in [6, 6.07) is 64.9. The van der Waals surface area contributed by atoms with E-state index in [0.29, 0.717) is 0 Å². The fourth-order valence-electron chi connectivity index (χ4n) is 8.28. The summed E-state index contributed by atoms with van der Waals surface area (Å²) >= 11 is 1.89. The number of hydrogen-bond donors (Lipinski definition) is 0. The molecule has 0 amide bonds. The minimum Gasteiger partial charge on any atom is -0.309 e. The van der Waals surface area contributed by atoms with Crippen LogP contribution >= 0.6 is 11.3 Å². The Morgan fingerprint density at radius 2 is 0.860 bits per heavy atom. The molecule has 11 rings (SSSR count). The zero-order valence-corrected chi connectivity index (χ0v) is 27.9. The number of fused-ring (bicyclic) bond motifs is 12. The number of rotatable bonds is 3. The van der Waals surface area contributed by atoms with Gasteiger partial charge in [0.05, 0.1) is 11.0 Å². The molecule has 232 valence electrons. The molecule has 0 aliphatic rings. The molecule has 0 N–H and O–H groups in total.